The second kappa shape index (κ2) is 8.52. The number of hydrogen-bond donors (Lipinski definition) is 2. The van der Waals surface area contributed by atoms with E-state index in [4.69, 9.17) is 10.5 Å². The Labute approximate surface area is 127 Å². The van der Waals surface area contributed by atoms with Crippen LogP contribution < -0.4 is 15.8 Å². The zero-order chi connectivity index (χ0) is 15.8. The molecule has 0 atom stereocenters. The van der Waals surface area contributed by atoms with Crippen molar-refractivity contribution in [3.8, 4) is 5.75 Å². The van der Waals surface area contributed by atoms with Crippen molar-refractivity contribution in [2.45, 2.75) is 20.3 Å². The van der Waals surface area contributed by atoms with Crippen molar-refractivity contribution >= 4 is 11.6 Å². The van der Waals surface area contributed by atoms with Crippen LogP contribution in [-0.2, 0) is 0 Å². The molecule has 0 aromatic heterocycles. The van der Waals surface area contributed by atoms with Crippen LogP contribution in [-0.4, -0.2) is 44.6 Å². The molecule has 1 rings (SSSR count). The van der Waals surface area contributed by atoms with Crippen LogP contribution in [0.25, 0.3) is 0 Å². The Bertz CT molecular complexity index is 459. The lowest BCUT2D eigenvalue weighted by atomic mass is 10.1. The van der Waals surface area contributed by atoms with Gasteiger partial charge >= 0.3 is 0 Å². The van der Waals surface area contributed by atoms with Gasteiger partial charge in [-0.1, -0.05) is 13.8 Å². The average molecular weight is 293 g/mol. The number of nitrogen functional groups attached to an aromatic ring is 1. The van der Waals surface area contributed by atoms with E-state index >= 15 is 0 Å². The zero-order valence-corrected chi connectivity index (χ0v) is 13.5. The minimum atomic E-state index is -0.0952. The van der Waals surface area contributed by atoms with E-state index in [-0.39, 0.29) is 5.91 Å². The molecule has 0 heterocycles. The Hall–Kier alpha value is -1.75. The molecule has 1 aromatic carbocycles. The van der Waals surface area contributed by atoms with Crippen LogP contribution in [0.4, 0.5) is 5.69 Å². The molecular formula is C16H27N3O2. The molecule has 0 aliphatic heterocycles. The highest BCUT2D eigenvalue weighted by Crippen LogP contribution is 2.22. The van der Waals surface area contributed by atoms with E-state index in [0.29, 0.717) is 36.1 Å². The van der Waals surface area contributed by atoms with Crippen molar-refractivity contribution in [3.05, 3.63) is 23.8 Å². The molecule has 3 N–H and O–H groups in total. The van der Waals surface area contributed by atoms with E-state index in [1.54, 1.807) is 18.2 Å². The van der Waals surface area contributed by atoms with Crippen molar-refractivity contribution < 1.29 is 9.53 Å². The molecule has 0 radical (unpaired) electrons. The van der Waals surface area contributed by atoms with Crippen molar-refractivity contribution in [3.63, 3.8) is 0 Å². The summed E-state index contributed by atoms with van der Waals surface area (Å²) in [5, 5.41) is 2.89. The first-order chi connectivity index (χ1) is 9.90. The fourth-order valence-electron chi connectivity index (χ4n) is 1.74. The standard InChI is InChI=1S/C16H27N3O2/c1-12(2)7-8-18-16(20)13-5-6-15(14(17)11-13)21-10-9-19(3)4/h5-6,11-12H,7-10,17H2,1-4H3,(H,18,20). The highest BCUT2D eigenvalue weighted by atomic mass is 16.5. The summed E-state index contributed by atoms with van der Waals surface area (Å²) in [5.74, 6) is 1.10. The molecule has 5 heteroatoms. The largest absolute Gasteiger partial charge is 0.490 e. The maximum absolute atomic E-state index is 12.0. The van der Waals surface area contributed by atoms with Gasteiger partial charge in [0.25, 0.3) is 5.91 Å². The third kappa shape index (κ3) is 6.49. The van der Waals surface area contributed by atoms with E-state index in [9.17, 15) is 4.79 Å². The first-order valence-electron chi connectivity index (χ1n) is 7.35. The Kier molecular flexibility index (Phi) is 7.02. The second-order valence-corrected chi connectivity index (χ2v) is 5.84. The van der Waals surface area contributed by atoms with Gasteiger partial charge < -0.3 is 20.7 Å². The predicted molar refractivity (Wildman–Crippen MR) is 86.7 cm³/mol. The van der Waals surface area contributed by atoms with E-state index in [0.717, 1.165) is 13.0 Å². The van der Waals surface area contributed by atoms with Gasteiger partial charge in [-0.15, -0.1) is 0 Å². The fourth-order valence-corrected chi connectivity index (χ4v) is 1.74. The molecule has 0 bridgehead atoms. The van der Waals surface area contributed by atoms with Gasteiger partial charge in [-0.05, 0) is 44.6 Å². The van der Waals surface area contributed by atoms with E-state index in [2.05, 4.69) is 19.2 Å². The maximum Gasteiger partial charge on any atom is 0.251 e. The SMILES string of the molecule is CC(C)CCNC(=O)c1ccc(OCCN(C)C)c(N)c1. The van der Waals surface area contributed by atoms with Crippen LogP contribution in [0.15, 0.2) is 18.2 Å². The number of carbonyl (C=O) groups is 1. The predicted octanol–water partition coefficient (Wildman–Crippen LogP) is 1.99. The van der Waals surface area contributed by atoms with Gasteiger partial charge in [0.2, 0.25) is 0 Å². The zero-order valence-electron chi connectivity index (χ0n) is 13.5. The summed E-state index contributed by atoms with van der Waals surface area (Å²) in [4.78, 5) is 14.0. The molecule has 1 aromatic rings. The lowest BCUT2D eigenvalue weighted by Crippen LogP contribution is -2.25. The van der Waals surface area contributed by atoms with Gasteiger partial charge in [-0.25, -0.2) is 0 Å². The summed E-state index contributed by atoms with van der Waals surface area (Å²) in [7, 11) is 3.97. The Balaban J connectivity index is 2.54. The van der Waals surface area contributed by atoms with E-state index < -0.39 is 0 Å². The molecule has 0 aliphatic carbocycles. The van der Waals surface area contributed by atoms with Gasteiger partial charge in [-0.2, -0.15) is 0 Å². The van der Waals surface area contributed by atoms with Gasteiger partial charge in [0, 0.05) is 18.7 Å². The third-order valence-corrected chi connectivity index (χ3v) is 3.08. The van der Waals surface area contributed by atoms with Crippen molar-refractivity contribution in [1.82, 2.24) is 10.2 Å². The number of rotatable bonds is 8. The first kappa shape index (κ1) is 17.3. The number of carbonyl (C=O) groups excluding carboxylic acids is 1. The number of anilines is 1. The molecule has 5 nitrogen and oxygen atoms in total. The lowest BCUT2D eigenvalue weighted by Gasteiger charge is -2.13. The van der Waals surface area contributed by atoms with Gasteiger partial charge in [0.05, 0.1) is 5.69 Å². The van der Waals surface area contributed by atoms with Crippen LogP contribution >= 0.6 is 0 Å². The highest BCUT2D eigenvalue weighted by molar-refractivity contribution is 5.95. The summed E-state index contributed by atoms with van der Waals surface area (Å²) in [6, 6.07) is 5.16. The number of nitrogens with zero attached hydrogens (tertiary/aromatic N) is 1. The number of likely N-dealkylation sites (N-methyl/N-ethyl adjacent to an activating group) is 1. The lowest BCUT2D eigenvalue weighted by molar-refractivity contribution is 0.0952. The van der Waals surface area contributed by atoms with Gasteiger partial charge in [0.15, 0.2) is 0 Å². The number of benzene rings is 1. The van der Waals surface area contributed by atoms with Crippen molar-refractivity contribution in [2.75, 3.05) is 39.5 Å². The topological polar surface area (TPSA) is 67.6 Å². The Morgan fingerprint density at radius 2 is 2.10 bits per heavy atom. The van der Waals surface area contributed by atoms with Crippen molar-refractivity contribution in [2.24, 2.45) is 5.92 Å². The number of nitrogens with one attached hydrogen (secondary N) is 1. The van der Waals surface area contributed by atoms with Crippen LogP contribution in [0.3, 0.4) is 0 Å². The molecular weight excluding hydrogens is 266 g/mol. The number of hydrogen-bond acceptors (Lipinski definition) is 4. The number of amides is 1. The molecule has 21 heavy (non-hydrogen) atoms. The summed E-state index contributed by atoms with van der Waals surface area (Å²) in [5.41, 5.74) is 6.99. The van der Waals surface area contributed by atoms with Gasteiger partial charge in [-0.3, -0.25) is 4.79 Å². The molecule has 0 saturated carbocycles. The molecule has 0 fully saturated rings. The summed E-state index contributed by atoms with van der Waals surface area (Å²) >= 11 is 0. The van der Waals surface area contributed by atoms with Crippen LogP contribution in [0.1, 0.15) is 30.6 Å². The minimum absolute atomic E-state index is 0.0952. The summed E-state index contributed by atoms with van der Waals surface area (Å²) < 4.78 is 5.60. The van der Waals surface area contributed by atoms with Crippen LogP contribution in [0, 0.1) is 5.92 Å². The van der Waals surface area contributed by atoms with E-state index in [1.807, 2.05) is 19.0 Å². The van der Waals surface area contributed by atoms with E-state index in [1.165, 1.54) is 0 Å². The smallest absolute Gasteiger partial charge is 0.251 e. The van der Waals surface area contributed by atoms with Crippen LogP contribution in [0.2, 0.25) is 0 Å². The van der Waals surface area contributed by atoms with Gasteiger partial charge in [0.1, 0.15) is 12.4 Å². The number of nitrogens with two attached hydrogens (primary N) is 1. The summed E-state index contributed by atoms with van der Waals surface area (Å²) in [6.45, 7) is 6.32. The second-order valence-electron chi connectivity index (χ2n) is 5.84. The fraction of sp³-hybridized carbons (Fsp3) is 0.562. The molecule has 118 valence electrons. The number of ether oxygens (including phenoxy) is 1. The molecule has 0 spiro atoms. The highest BCUT2D eigenvalue weighted by Gasteiger charge is 2.09. The quantitative estimate of drug-likeness (QED) is 0.719. The Morgan fingerprint density at radius 3 is 2.67 bits per heavy atom. The molecule has 0 saturated heterocycles. The molecule has 0 aliphatic rings. The minimum Gasteiger partial charge on any atom is -0.490 e. The average Bonchev–Trinajstić information content (AvgIpc) is 2.39. The maximum atomic E-state index is 12.0. The normalized spacial score (nSPS) is 11.0. The van der Waals surface area contributed by atoms with Crippen LogP contribution in [0.5, 0.6) is 5.75 Å². The Morgan fingerprint density at radius 1 is 1.38 bits per heavy atom. The molecule has 0 unspecified atom stereocenters. The third-order valence-electron chi connectivity index (χ3n) is 3.08. The van der Waals surface area contributed by atoms with Crippen molar-refractivity contribution in [1.29, 1.82) is 0 Å². The summed E-state index contributed by atoms with van der Waals surface area (Å²) in [6.07, 6.45) is 0.965. The molecule has 1 amide bonds. The first-order valence-corrected chi connectivity index (χ1v) is 7.35. The monoisotopic (exact) mass is 293 g/mol.